The maximum atomic E-state index is 14.2. The maximum Gasteiger partial charge on any atom is 0.303 e. The van der Waals surface area contributed by atoms with E-state index in [-0.39, 0.29) is 30.9 Å². The van der Waals surface area contributed by atoms with E-state index in [1.165, 1.54) is 12.1 Å². The average Bonchev–Trinajstić information content (AvgIpc) is 3.36. The number of carboxylic acid groups (broad SMARTS) is 1. The highest BCUT2D eigenvalue weighted by Gasteiger charge is 2.37. The third-order valence-corrected chi connectivity index (χ3v) is 6.16. The Morgan fingerprint density at radius 1 is 1.29 bits per heavy atom. The lowest BCUT2D eigenvalue weighted by Gasteiger charge is -2.15. The molecule has 3 N–H and O–H groups in total. The van der Waals surface area contributed by atoms with E-state index in [0.717, 1.165) is 36.1 Å². The van der Waals surface area contributed by atoms with Crippen molar-refractivity contribution in [3.8, 4) is 11.5 Å². The van der Waals surface area contributed by atoms with Crippen LogP contribution in [0.5, 0.6) is 0 Å². The Hall–Kier alpha value is -3.49. The van der Waals surface area contributed by atoms with Gasteiger partial charge in [0.2, 0.25) is 5.91 Å². The third-order valence-electron chi connectivity index (χ3n) is 6.16. The molecule has 0 saturated heterocycles. The number of rotatable bonds is 11. The third kappa shape index (κ3) is 6.15. The molecule has 2 aromatic heterocycles. The zero-order valence-electron chi connectivity index (χ0n) is 20.2. The molecule has 1 atom stereocenters. The van der Waals surface area contributed by atoms with Crippen LogP contribution in [-0.2, 0) is 16.0 Å². The van der Waals surface area contributed by atoms with E-state index >= 15 is 0 Å². The minimum absolute atomic E-state index is 0.0363. The number of hydrogen-bond donors (Lipinski definition) is 3. The zero-order chi connectivity index (χ0) is 25.1. The summed E-state index contributed by atoms with van der Waals surface area (Å²) < 4.78 is 20.0. The van der Waals surface area contributed by atoms with Gasteiger partial charge in [0.25, 0.3) is 0 Å². The maximum absolute atomic E-state index is 14.2. The fourth-order valence-electron chi connectivity index (χ4n) is 4.36. The van der Waals surface area contributed by atoms with Crippen molar-refractivity contribution in [2.45, 2.75) is 71.1 Å². The fraction of sp³-hybridized carbons (Fsp3) is 0.462. The Labute approximate surface area is 203 Å². The number of aryl methyl sites for hydroxylation is 1. The number of amides is 1. The quantitative estimate of drug-likeness (QED) is 0.329. The molecule has 8 nitrogen and oxygen atoms in total. The van der Waals surface area contributed by atoms with Gasteiger partial charge >= 0.3 is 5.97 Å². The van der Waals surface area contributed by atoms with Gasteiger partial charge in [-0.1, -0.05) is 25.1 Å². The molecular weight excluding hydrogens is 451 g/mol. The number of carboxylic acids is 1. The summed E-state index contributed by atoms with van der Waals surface area (Å²) in [5.41, 5.74) is 3.99. The lowest BCUT2D eigenvalue weighted by Crippen LogP contribution is -2.18. The first-order valence-corrected chi connectivity index (χ1v) is 12.0. The molecule has 0 unspecified atom stereocenters. The average molecular weight is 483 g/mol. The molecule has 0 radical (unpaired) electrons. The molecule has 3 aromatic rings. The Bertz CT molecular complexity index is 1210. The molecule has 0 spiro atoms. The number of carbonyl (C=O) groups excluding carboxylic acids is 1. The molecule has 1 fully saturated rings. The van der Waals surface area contributed by atoms with Crippen LogP contribution in [0, 0.1) is 18.7 Å². The van der Waals surface area contributed by atoms with Gasteiger partial charge < -0.3 is 14.9 Å². The Morgan fingerprint density at radius 2 is 2.06 bits per heavy atom. The van der Waals surface area contributed by atoms with Gasteiger partial charge in [-0.3, -0.25) is 14.7 Å². The van der Waals surface area contributed by atoms with Gasteiger partial charge in [-0.25, -0.2) is 4.39 Å². The van der Waals surface area contributed by atoms with Crippen molar-refractivity contribution in [3.63, 3.8) is 0 Å². The molecule has 1 amide bonds. The second-order valence-corrected chi connectivity index (χ2v) is 9.83. The van der Waals surface area contributed by atoms with Gasteiger partial charge in [0.1, 0.15) is 11.5 Å². The molecule has 1 aliphatic rings. The lowest BCUT2D eigenvalue weighted by molar-refractivity contribution is -0.137. The van der Waals surface area contributed by atoms with Crippen molar-refractivity contribution in [1.82, 2.24) is 15.4 Å². The zero-order valence-corrected chi connectivity index (χ0v) is 20.2. The lowest BCUT2D eigenvalue weighted by atomic mass is 9.90. The van der Waals surface area contributed by atoms with Gasteiger partial charge in [-0.15, -0.1) is 0 Å². The van der Waals surface area contributed by atoms with Gasteiger partial charge in [-0.05, 0) is 68.2 Å². The van der Waals surface area contributed by atoms with Crippen LogP contribution in [-0.4, -0.2) is 32.3 Å². The molecule has 9 heteroatoms. The predicted octanol–water partition coefficient (Wildman–Crippen LogP) is 5.57. The number of nitrogens with zero attached hydrogens (tertiary/aromatic N) is 2. The van der Waals surface area contributed by atoms with Crippen LogP contribution >= 0.6 is 0 Å². The summed E-state index contributed by atoms with van der Waals surface area (Å²) in [7, 11) is 0. The van der Waals surface area contributed by atoms with Crippen LogP contribution in [0.15, 0.2) is 28.8 Å². The molecule has 0 aliphatic heterocycles. The van der Waals surface area contributed by atoms with Gasteiger partial charge in [0.05, 0.1) is 11.4 Å². The van der Waals surface area contributed by atoms with Crippen molar-refractivity contribution < 1.29 is 23.6 Å². The predicted molar refractivity (Wildman–Crippen MR) is 129 cm³/mol. The van der Waals surface area contributed by atoms with Gasteiger partial charge in [0.15, 0.2) is 5.76 Å². The molecule has 35 heavy (non-hydrogen) atoms. The Balaban J connectivity index is 1.60. The monoisotopic (exact) mass is 482 g/mol. The molecule has 1 aromatic carbocycles. The first kappa shape index (κ1) is 24.6. The highest BCUT2D eigenvalue weighted by atomic mass is 19.1. The first-order chi connectivity index (χ1) is 16.7. The number of halogens is 1. The molecule has 0 bridgehead atoms. The fourth-order valence-corrected chi connectivity index (χ4v) is 4.36. The van der Waals surface area contributed by atoms with Gasteiger partial charge in [-0.2, -0.15) is 5.10 Å². The summed E-state index contributed by atoms with van der Waals surface area (Å²) in [6.45, 7) is 6.02. The van der Waals surface area contributed by atoms with Crippen LogP contribution in [0.25, 0.3) is 11.5 Å². The molecule has 186 valence electrons. The number of carbonyl (C=O) groups is 2. The van der Waals surface area contributed by atoms with E-state index in [4.69, 9.17) is 4.52 Å². The number of hydrogen-bond acceptors (Lipinski definition) is 5. The normalized spacial score (nSPS) is 14.3. The smallest absolute Gasteiger partial charge is 0.303 e. The SMILES string of the molecule is Cc1ccc(NC(=O)C[C@H](CCC(=O)O)c2noc(-c3cc(CC(C)C)[nH]n3)c2C2CC2)c(F)c1. The summed E-state index contributed by atoms with van der Waals surface area (Å²) in [5, 5.41) is 23.7. The number of benzene rings is 1. The molecule has 1 saturated carbocycles. The number of aromatic nitrogens is 3. The van der Waals surface area contributed by atoms with E-state index in [0.29, 0.717) is 23.1 Å². The van der Waals surface area contributed by atoms with E-state index in [9.17, 15) is 19.1 Å². The number of aliphatic carboxylic acids is 1. The van der Waals surface area contributed by atoms with Crippen molar-refractivity contribution in [1.29, 1.82) is 0 Å². The summed E-state index contributed by atoms with van der Waals surface area (Å²) >= 11 is 0. The second-order valence-electron chi connectivity index (χ2n) is 9.83. The topological polar surface area (TPSA) is 121 Å². The van der Waals surface area contributed by atoms with Crippen molar-refractivity contribution >= 4 is 17.6 Å². The number of nitrogens with one attached hydrogen (secondary N) is 2. The van der Waals surface area contributed by atoms with E-state index in [1.807, 2.05) is 6.07 Å². The van der Waals surface area contributed by atoms with Crippen LogP contribution in [0.3, 0.4) is 0 Å². The Kier molecular flexibility index (Phi) is 7.33. The van der Waals surface area contributed by atoms with Gasteiger partial charge in [0, 0.05) is 30.0 Å². The minimum atomic E-state index is -0.956. The van der Waals surface area contributed by atoms with E-state index in [2.05, 4.69) is 34.5 Å². The van der Waals surface area contributed by atoms with Crippen LogP contribution in [0.1, 0.15) is 80.3 Å². The molecule has 4 rings (SSSR count). The minimum Gasteiger partial charge on any atom is -0.481 e. The molecule has 2 heterocycles. The number of H-pyrrole nitrogens is 1. The van der Waals surface area contributed by atoms with E-state index in [1.54, 1.807) is 13.0 Å². The Morgan fingerprint density at radius 3 is 2.71 bits per heavy atom. The molecular formula is C26H31FN4O4. The largest absolute Gasteiger partial charge is 0.481 e. The highest BCUT2D eigenvalue weighted by Crippen LogP contribution is 2.48. The summed E-state index contributed by atoms with van der Waals surface area (Å²) in [6.07, 6.45) is 2.84. The second kappa shape index (κ2) is 10.4. The van der Waals surface area contributed by atoms with Crippen LogP contribution in [0.4, 0.5) is 10.1 Å². The summed E-state index contributed by atoms with van der Waals surface area (Å²) in [5.74, 6) is -1.09. The number of aromatic amines is 1. The van der Waals surface area contributed by atoms with Crippen LogP contribution < -0.4 is 5.32 Å². The number of anilines is 1. The van der Waals surface area contributed by atoms with Crippen LogP contribution in [0.2, 0.25) is 0 Å². The van der Waals surface area contributed by atoms with E-state index < -0.39 is 23.6 Å². The first-order valence-electron chi connectivity index (χ1n) is 12.0. The summed E-state index contributed by atoms with van der Waals surface area (Å²) in [4.78, 5) is 24.2. The van der Waals surface area contributed by atoms with Crippen molar-refractivity contribution in [2.75, 3.05) is 5.32 Å². The molecule has 1 aliphatic carbocycles. The summed E-state index contributed by atoms with van der Waals surface area (Å²) in [6, 6.07) is 6.54. The van der Waals surface area contributed by atoms with Crippen molar-refractivity contribution in [3.05, 3.63) is 52.6 Å². The van der Waals surface area contributed by atoms with Crippen molar-refractivity contribution in [2.24, 2.45) is 5.92 Å². The standard InChI is InChI=1S/C26H31FN4O4/c1-14(2)10-18-13-21(30-29-18)26-24(16-5-6-16)25(31-35-26)17(7-9-23(33)34)12-22(32)28-20-8-4-15(3)11-19(20)27/h4,8,11,13-14,16-17H,5-7,9-10,12H2,1-3H3,(H,28,32)(H,29,30)(H,33,34)/t17-/m0/s1. The highest BCUT2D eigenvalue weighted by molar-refractivity contribution is 5.91.